The molecule has 8 nitrogen and oxygen atoms in total. The maximum absolute atomic E-state index is 12.2. The highest BCUT2D eigenvalue weighted by atomic mass is 35.5. The molecule has 1 saturated heterocycles. The Kier molecular flexibility index (Phi) is 6.78. The van der Waals surface area contributed by atoms with Gasteiger partial charge >= 0.3 is 0 Å². The molecular formula is C25H25ClN4O4S2. The summed E-state index contributed by atoms with van der Waals surface area (Å²) in [6, 6.07) is 13.3. The molecule has 4 heterocycles. The van der Waals surface area contributed by atoms with Crippen LogP contribution in [0.25, 0.3) is 16.2 Å². The van der Waals surface area contributed by atoms with Crippen molar-refractivity contribution in [2.24, 2.45) is 5.73 Å². The summed E-state index contributed by atoms with van der Waals surface area (Å²) in [5.74, 6) is 0.204. The molecule has 3 aromatic heterocycles. The lowest BCUT2D eigenvalue weighted by Gasteiger charge is -2.26. The first kappa shape index (κ1) is 24.8. The number of fused-ring (bicyclic) bond motifs is 1. The molecule has 1 aromatic carbocycles. The maximum atomic E-state index is 12.2. The van der Waals surface area contributed by atoms with Crippen LogP contribution in [0.2, 0.25) is 5.02 Å². The van der Waals surface area contributed by atoms with Gasteiger partial charge in [0, 0.05) is 42.5 Å². The minimum Gasteiger partial charge on any atom is -0.484 e. The molecule has 2 N–H and O–H groups in total. The molecule has 11 heteroatoms. The Morgan fingerprint density at radius 2 is 2.00 bits per heavy atom. The van der Waals surface area contributed by atoms with E-state index in [4.69, 9.17) is 22.1 Å². The summed E-state index contributed by atoms with van der Waals surface area (Å²) in [4.78, 5) is 19.9. The Morgan fingerprint density at radius 3 is 2.72 bits per heavy atom. The number of nitrogens with two attached hydrogens (primary N) is 1. The summed E-state index contributed by atoms with van der Waals surface area (Å²) in [5, 5.41) is 0.544. The smallest absolute Gasteiger partial charge is 0.262 e. The van der Waals surface area contributed by atoms with Crippen LogP contribution in [0, 0.1) is 0 Å². The van der Waals surface area contributed by atoms with Crippen LogP contribution >= 0.6 is 22.9 Å². The predicted molar refractivity (Wildman–Crippen MR) is 141 cm³/mol. The molecule has 5 rings (SSSR count). The minimum absolute atomic E-state index is 0.184. The van der Waals surface area contributed by atoms with Crippen molar-refractivity contribution in [1.29, 1.82) is 0 Å². The standard InChI is InChI=1S/C25H25ClN4O4S2/c1-16(18-6-5-17(12-19(18)26)15-29-8-10-36(32,33)11-9-29)34-21-13-22(35-24(21)25(27)31)20-14-28-23-4-2-3-7-30(20)23/h2-7,12-14,16H,8-11,15H2,1H3,(H2,27,31)/t16-/m1/s1. The molecule has 0 saturated carbocycles. The van der Waals surface area contributed by atoms with Gasteiger partial charge in [-0.3, -0.25) is 14.1 Å². The first-order valence-electron chi connectivity index (χ1n) is 11.4. The van der Waals surface area contributed by atoms with Gasteiger partial charge in [0.05, 0.1) is 28.3 Å². The van der Waals surface area contributed by atoms with E-state index in [-0.39, 0.29) is 11.5 Å². The van der Waals surface area contributed by atoms with Crippen molar-refractivity contribution in [3.8, 4) is 16.3 Å². The van der Waals surface area contributed by atoms with Crippen molar-refractivity contribution in [2.75, 3.05) is 24.6 Å². The van der Waals surface area contributed by atoms with E-state index in [9.17, 15) is 13.2 Å². The number of carbonyl (C=O) groups is 1. The number of hydrogen-bond acceptors (Lipinski definition) is 7. The topological polar surface area (TPSA) is 107 Å². The second-order valence-electron chi connectivity index (χ2n) is 8.78. The lowest BCUT2D eigenvalue weighted by atomic mass is 10.1. The highest BCUT2D eigenvalue weighted by molar-refractivity contribution is 7.91. The van der Waals surface area contributed by atoms with Gasteiger partial charge in [-0.05, 0) is 30.7 Å². The zero-order valence-corrected chi connectivity index (χ0v) is 21.9. The number of hydrogen-bond donors (Lipinski definition) is 1. The number of ether oxygens (including phenoxy) is 1. The number of halogens is 1. The Labute approximate surface area is 218 Å². The van der Waals surface area contributed by atoms with Gasteiger partial charge in [0.2, 0.25) is 0 Å². The van der Waals surface area contributed by atoms with Crippen molar-refractivity contribution < 1.29 is 17.9 Å². The number of pyridine rings is 1. The van der Waals surface area contributed by atoms with Crippen LogP contribution in [0.1, 0.15) is 33.8 Å². The lowest BCUT2D eigenvalue weighted by molar-refractivity contribution is 0.0998. The van der Waals surface area contributed by atoms with Crippen molar-refractivity contribution in [2.45, 2.75) is 19.6 Å². The van der Waals surface area contributed by atoms with Crippen LogP contribution in [0.4, 0.5) is 0 Å². The SMILES string of the molecule is C[C@@H](Oc1cc(-c2cnc3ccccn23)sc1C(N)=O)c1ccc(CN2CCS(=O)(=O)CC2)cc1Cl. The van der Waals surface area contributed by atoms with Gasteiger partial charge in [-0.25, -0.2) is 13.4 Å². The average molecular weight is 545 g/mol. The number of aromatic nitrogens is 2. The maximum Gasteiger partial charge on any atom is 0.262 e. The monoisotopic (exact) mass is 544 g/mol. The third-order valence-electron chi connectivity index (χ3n) is 6.24. The van der Waals surface area contributed by atoms with Crippen LogP contribution in [-0.4, -0.2) is 53.2 Å². The van der Waals surface area contributed by atoms with Gasteiger partial charge in [-0.1, -0.05) is 29.8 Å². The van der Waals surface area contributed by atoms with Crippen molar-refractivity contribution in [3.05, 3.63) is 75.9 Å². The van der Waals surface area contributed by atoms with E-state index in [0.717, 1.165) is 27.3 Å². The number of imidazole rings is 1. The second kappa shape index (κ2) is 9.85. The van der Waals surface area contributed by atoms with Gasteiger partial charge in [0.1, 0.15) is 22.4 Å². The first-order valence-corrected chi connectivity index (χ1v) is 14.5. The van der Waals surface area contributed by atoms with Crippen LogP contribution in [0.15, 0.2) is 54.9 Å². The van der Waals surface area contributed by atoms with Crippen LogP contribution < -0.4 is 10.5 Å². The normalized spacial score (nSPS) is 16.7. The van der Waals surface area contributed by atoms with E-state index < -0.39 is 21.8 Å². The third kappa shape index (κ3) is 5.12. The van der Waals surface area contributed by atoms with Gasteiger partial charge in [0.25, 0.3) is 5.91 Å². The molecule has 1 amide bonds. The number of primary amides is 1. The number of amides is 1. The van der Waals surface area contributed by atoms with Gasteiger partial charge in [-0.2, -0.15) is 0 Å². The van der Waals surface area contributed by atoms with E-state index in [1.807, 2.05) is 60.0 Å². The van der Waals surface area contributed by atoms with Crippen LogP contribution in [-0.2, 0) is 16.4 Å². The van der Waals surface area contributed by atoms with Crippen molar-refractivity contribution in [1.82, 2.24) is 14.3 Å². The quantitative estimate of drug-likeness (QED) is 0.374. The Bertz CT molecular complexity index is 1530. The second-order valence-corrected chi connectivity index (χ2v) is 12.5. The van der Waals surface area contributed by atoms with Crippen LogP contribution in [0.5, 0.6) is 5.75 Å². The molecule has 36 heavy (non-hydrogen) atoms. The molecule has 0 radical (unpaired) electrons. The van der Waals surface area contributed by atoms with Crippen molar-refractivity contribution in [3.63, 3.8) is 0 Å². The number of sulfone groups is 1. The van der Waals surface area contributed by atoms with Gasteiger partial charge < -0.3 is 10.5 Å². The highest BCUT2D eigenvalue weighted by Crippen LogP contribution is 2.39. The summed E-state index contributed by atoms with van der Waals surface area (Å²) in [7, 11) is -2.92. The number of carbonyl (C=O) groups excluding carboxylic acids is 1. The molecule has 0 bridgehead atoms. The lowest BCUT2D eigenvalue weighted by Crippen LogP contribution is -2.39. The van der Waals surface area contributed by atoms with Gasteiger partial charge in [-0.15, -0.1) is 11.3 Å². The molecule has 1 aliphatic rings. The molecule has 1 fully saturated rings. The predicted octanol–water partition coefficient (Wildman–Crippen LogP) is 4.19. The zero-order valence-electron chi connectivity index (χ0n) is 19.6. The third-order valence-corrected chi connectivity index (χ3v) is 9.33. The van der Waals surface area contributed by atoms with E-state index in [1.54, 1.807) is 6.20 Å². The minimum atomic E-state index is -2.92. The number of benzene rings is 1. The number of thiophene rings is 1. The summed E-state index contributed by atoms with van der Waals surface area (Å²) >= 11 is 7.87. The first-order chi connectivity index (χ1) is 17.2. The zero-order chi connectivity index (χ0) is 25.4. The molecule has 0 spiro atoms. The molecule has 1 atom stereocenters. The summed E-state index contributed by atoms with van der Waals surface area (Å²) in [5.41, 5.74) is 9.08. The van der Waals surface area contributed by atoms with E-state index in [2.05, 4.69) is 9.88 Å². The average Bonchev–Trinajstić information content (AvgIpc) is 3.45. The molecule has 0 aliphatic carbocycles. The highest BCUT2D eigenvalue weighted by Gasteiger charge is 2.23. The molecule has 4 aromatic rings. The molecule has 1 aliphatic heterocycles. The largest absolute Gasteiger partial charge is 0.484 e. The van der Waals surface area contributed by atoms with Crippen LogP contribution in [0.3, 0.4) is 0 Å². The fourth-order valence-electron chi connectivity index (χ4n) is 4.29. The molecule has 0 unspecified atom stereocenters. The number of rotatable bonds is 7. The summed E-state index contributed by atoms with van der Waals surface area (Å²) < 4.78 is 31.5. The Balaban J connectivity index is 1.35. The van der Waals surface area contributed by atoms with Gasteiger partial charge in [0.15, 0.2) is 9.84 Å². The number of nitrogens with zero attached hydrogens (tertiary/aromatic N) is 3. The summed E-state index contributed by atoms with van der Waals surface area (Å²) in [6.45, 7) is 3.53. The molecule has 188 valence electrons. The Morgan fingerprint density at radius 1 is 1.22 bits per heavy atom. The Hall–Kier alpha value is -2.92. The van der Waals surface area contributed by atoms with E-state index in [0.29, 0.717) is 35.3 Å². The molecular weight excluding hydrogens is 520 g/mol. The van der Waals surface area contributed by atoms with E-state index >= 15 is 0 Å². The fourth-order valence-corrected chi connectivity index (χ4v) is 6.88. The van der Waals surface area contributed by atoms with Crippen molar-refractivity contribution >= 4 is 44.3 Å². The summed E-state index contributed by atoms with van der Waals surface area (Å²) in [6.07, 6.45) is 3.23. The fraction of sp³-hybridized carbons (Fsp3) is 0.280. The van der Waals surface area contributed by atoms with E-state index in [1.165, 1.54) is 11.3 Å².